The summed E-state index contributed by atoms with van der Waals surface area (Å²) in [4.78, 5) is 18.7. The number of hydrogen-bond acceptors (Lipinski definition) is 5. The molecule has 5 heteroatoms. The van der Waals surface area contributed by atoms with Crippen LogP contribution in [0.15, 0.2) is 53.9 Å². The monoisotopic (exact) mass is 226 g/mol. The normalized spacial score (nSPS) is 10.4. The number of rotatable bonds is 4. The number of aromatic nitrogens is 2. The van der Waals surface area contributed by atoms with E-state index < -0.39 is 0 Å². The SMILES string of the molecule is O=CC=NN(c1ccccn1)c1ccccn1. The second kappa shape index (κ2) is 5.50. The first kappa shape index (κ1) is 10.9. The van der Waals surface area contributed by atoms with E-state index in [1.165, 1.54) is 5.01 Å². The van der Waals surface area contributed by atoms with Gasteiger partial charge in [-0.2, -0.15) is 10.1 Å². The van der Waals surface area contributed by atoms with Crippen molar-refractivity contribution in [3.05, 3.63) is 48.8 Å². The van der Waals surface area contributed by atoms with Crippen LogP contribution in [0.4, 0.5) is 11.6 Å². The van der Waals surface area contributed by atoms with Crippen molar-refractivity contribution in [3.63, 3.8) is 0 Å². The average molecular weight is 226 g/mol. The van der Waals surface area contributed by atoms with Gasteiger partial charge in [-0.3, -0.25) is 4.79 Å². The summed E-state index contributed by atoms with van der Waals surface area (Å²) in [6.45, 7) is 0. The Kier molecular flexibility index (Phi) is 3.54. The molecule has 0 amide bonds. The molecule has 0 aliphatic heterocycles. The molecule has 0 aromatic carbocycles. The first-order valence-corrected chi connectivity index (χ1v) is 5.02. The predicted octanol–water partition coefficient (Wildman–Crippen LogP) is 1.80. The zero-order valence-corrected chi connectivity index (χ0v) is 8.97. The van der Waals surface area contributed by atoms with E-state index in [2.05, 4.69) is 15.1 Å². The molecule has 0 bridgehead atoms. The van der Waals surface area contributed by atoms with E-state index in [1.54, 1.807) is 24.5 Å². The highest BCUT2D eigenvalue weighted by Gasteiger charge is 2.08. The summed E-state index contributed by atoms with van der Waals surface area (Å²) >= 11 is 0. The molecule has 0 saturated carbocycles. The maximum absolute atomic E-state index is 10.4. The van der Waals surface area contributed by atoms with Gasteiger partial charge in [-0.05, 0) is 24.3 Å². The van der Waals surface area contributed by atoms with Gasteiger partial charge >= 0.3 is 0 Å². The average Bonchev–Trinajstić information content (AvgIpc) is 2.42. The molecule has 0 saturated heterocycles. The van der Waals surface area contributed by atoms with Crippen molar-refractivity contribution in [2.75, 3.05) is 5.01 Å². The predicted molar refractivity (Wildman–Crippen MR) is 65.2 cm³/mol. The molecule has 2 aromatic heterocycles. The zero-order chi connectivity index (χ0) is 11.9. The van der Waals surface area contributed by atoms with E-state index in [0.29, 0.717) is 17.9 Å². The van der Waals surface area contributed by atoms with Crippen LogP contribution in [0.5, 0.6) is 0 Å². The number of pyridine rings is 2. The second-order valence-corrected chi connectivity index (χ2v) is 3.09. The minimum atomic E-state index is 0.601. The Hall–Kier alpha value is -2.56. The number of hydrazone groups is 1. The van der Waals surface area contributed by atoms with Gasteiger partial charge in [-0.15, -0.1) is 0 Å². The molecule has 2 heterocycles. The van der Waals surface area contributed by atoms with Gasteiger partial charge in [0.25, 0.3) is 0 Å². The molecule has 0 atom stereocenters. The summed E-state index contributed by atoms with van der Waals surface area (Å²) in [6, 6.07) is 10.9. The number of carbonyl (C=O) groups is 1. The summed E-state index contributed by atoms with van der Waals surface area (Å²) in [6.07, 6.45) is 5.08. The van der Waals surface area contributed by atoms with Crippen molar-refractivity contribution in [1.82, 2.24) is 9.97 Å². The van der Waals surface area contributed by atoms with Crippen LogP contribution < -0.4 is 5.01 Å². The topological polar surface area (TPSA) is 58.5 Å². The van der Waals surface area contributed by atoms with Gasteiger partial charge in [0.15, 0.2) is 17.9 Å². The first-order valence-electron chi connectivity index (χ1n) is 5.02. The lowest BCUT2D eigenvalue weighted by Crippen LogP contribution is -2.12. The van der Waals surface area contributed by atoms with Crippen LogP contribution in [0.3, 0.4) is 0 Å². The molecule has 0 unspecified atom stereocenters. The van der Waals surface area contributed by atoms with Gasteiger partial charge in [0.2, 0.25) is 0 Å². The Bertz CT molecular complexity index is 459. The highest BCUT2D eigenvalue weighted by atomic mass is 16.1. The van der Waals surface area contributed by atoms with E-state index in [4.69, 9.17) is 0 Å². The zero-order valence-electron chi connectivity index (χ0n) is 8.97. The number of nitrogens with zero attached hydrogens (tertiary/aromatic N) is 4. The highest BCUT2D eigenvalue weighted by molar-refractivity contribution is 6.13. The van der Waals surface area contributed by atoms with Crippen molar-refractivity contribution in [1.29, 1.82) is 0 Å². The van der Waals surface area contributed by atoms with Gasteiger partial charge in [0, 0.05) is 12.4 Å². The Morgan fingerprint density at radius 2 is 1.59 bits per heavy atom. The van der Waals surface area contributed by atoms with Gasteiger partial charge in [-0.25, -0.2) is 9.97 Å². The maximum atomic E-state index is 10.4. The molecule has 0 radical (unpaired) electrons. The lowest BCUT2D eigenvalue weighted by atomic mass is 10.4. The summed E-state index contributed by atoms with van der Waals surface area (Å²) in [7, 11) is 0. The number of carbonyl (C=O) groups excluding carboxylic acids is 1. The Labute approximate surface area is 98.4 Å². The van der Waals surface area contributed by atoms with Crippen LogP contribution in [0.25, 0.3) is 0 Å². The molecule has 17 heavy (non-hydrogen) atoms. The van der Waals surface area contributed by atoms with Crippen LogP contribution in [-0.4, -0.2) is 22.5 Å². The van der Waals surface area contributed by atoms with Gasteiger partial charge in [-0.1, -0.05) is 12.1 Å². The molecule has 0 aliphatic carbocycles. The molecule has 0 fully saturated rings. The van der Waals surface area contributed by atoms with Crippen molar-refractivity contribution >= 4 is 24.1 Å². The van der Waals surface area contributed by atoms with Gasteiger partial charge < -0.3 is 0 Å². The van der Waals surface area contributed by atoms with Gasteiger partial charge in [0.05, 0.1) is 6.21 Å². The Balaban J connectivity index is 2.39. The quantitative estimate of drug-likeness (QED) is 0.453. The Morgan fingerprint density at radius 3 is 2.00 bits per heavy atom. The molecule has 0 spiro atoms. The standard InChI is InChI=1S/C12H10N4O/c17-10-9-15-16(11-5-1-3-7-13-11)12-6-2-4-8-14-12/h1-10H. The lowest BCUT2D eigenvalue weighted by molar-refractivity contribution is -0.102. The highest BCUT2D eigenvalue weighted by Crippen LogP contribution is 2.20. The fourth-order valence-electron chi connectivity index (χ4n) is 1.29. The van der Waals surface area contributed by atoms with E-state index in [9.17, 15) is 4.79 Å². The van der Waals surface area contributed by atoms with Crippen LogP contribution in [-0.2, 0) is 4.79 Å². The fraction of sp³-hybridized carbons (Fsp3) is 0. The van der Waals surface area contributed by atoms with Crippen LogP contribution in [0.2, 0.25) is 0 Å². The largest absolute Gasteiger partial charge is 0.297 e. The minimum Gasteiger partial charge on any atom is -0.297 e. The molecule has 0 aliphatic rings. The summed E-state index contributed by atoms with van der Waals surface area (Å²) in [5.41, 5.74) is 0. The third-order valence-electron chi connectivity index (χ3n) is 1.98. The number of anilines is 2. The minimum absolute atomic E-state index is 0.601. The Morgan fingerprint density at radius 1 is 1.00 bits per heavy atom. The molecule has 84 valence electrons. The van der Waals surface area contributed by atoms with Crippen LogP contribution in [0.1, 0.15) is 0 Å². The third-order valence-corrected chi connectivity index (χ3v) is 1.98. The summed E-state index contributed by atoms with van der Waals surface area (Å²) < 4.78 is 0. The van der Waals surface area contributed by atoms with E-state index >= 15 is 0 Å². The van der Waals surface area contributed by atoms with E-state index in [-0.39, 0.29) is 0 Å². The van der Waals surface area contributed by atoms with Crippen molar-refractivity contribution in [2.24, 2.45) is 5.10 Å². The second-order valence-electron chi connectivity index (χ2n) is 3.09. The molecule has 0 N–H and O–H groups in total. The third kappa shape index (κ3) is 2.72. The number of aldehydes is 1. The molecule has 2 aromatic rings. The first-order chi connectivity index (χ1) is 8.42. The summed E-state index contributed by atoms with van der Waals surface area (Å²) in [5.74, 6) is 1.20. The molecular weight excluding hydrogens is 216 g/mol. The molecular formula is C12H10N4O. The van der Waals surface area contributed by atoms with Crippen LogP contribution in [0, 0.1) is 0 Å². The van der Waals surface area contributed by atoms with E-state index in [0.717, 1.165) is 6.21 Å². The lowest BCUT2D eigenvalue weighted by Gasteiger charge is -2.15. The molecule has 5 nitrogen and oxygen atoms in total. The van der Waals surface area contributed by atoms with Crippen molar-refractivity contribution < 1.29 is 4.79 Å². The number of hydrogen-bond donors (Lipinski definition) is 0. The van der Waals surface area contributed by atoms with E-state index in [1.807, 2.05) is 24.3 Å². The van der Waals surface area contributed by atoms with Crippen molar-refractivity contribution in [2.45, 2.75) is 0 Å². The summed E-state index contributed by atoms with van der Waals surface area (Å²) in [5, 5.41) is 5.49. The van der Waals surface area contributed by atoms with Crippen molar-refractivity contribution in [3.8, 4) is 0 Å². The maximum Gasteiger partial charge on any atom is 0.162 e. The van der Waals surface area contributed by atoms with Crippen LogP contribution >= 0.6 is 0 Å². The fourth-order valence-corrected chi connectivity index (χ4v) is 1.29. The smallest absolute Gasteiger partial charge is 0.162 e. The van der Waals surface area contributed by atoms with Gasteiger partial charge in [0.1, 0.15) is 0 Å². The molecule has 2 rings (SSSR count).